The lowest BCUT2D eigenvalue weighted by molar-refractivity contribution is 0.618. The minimum Gasteiger partial charge on any atom is -0.456 e. The zero-order valence-electron chi connectivity index (χ0n) is 10.1. The van der Waals surface area contributed by atoms with Gasteiger partial charge in [0.05, 0.1) is 12.1 Å². The van der Waals surface area contributed by atoms with Gasteiger partial charge in [-0.05, 0) is 23.8 Å². The SMILES string of the molecule is N#C[C@@H](N)Cc1ccc2c(c1)oc1cc(F)ccc12. The highest BCUT2D eigenvalue weighted by atomic mass is 19.1. The molecule has 1 heterocycles. The van der Waals surface area contributed by atoms with Crippen molar-refractivity contribution in [2.75, 3.05) is 0 Å². The standard InChI is InChI=1S/C15H11FN2O/c16-10-2-4-13-12-3-1-9(5-11(18)8-17)6-14(12)19-15(13)7-10/h1-4,6-7,11H,5,18H2/t11-/m0/s1. The van der Waals surface area contributed by atoms with Gasteiger partial charge in [-0.15, -0.1) is 0 Å². The molecule has 0 saturated heterocycles. The summed E-state index contributed by atoms with van der Waals surface area (Å²) in [5.41, 5.74) is 7.74. The van der Waals surface area contributed by atoms with E-state index in [-0.39, 0.29) is 5.82 Å². The summed E-state index contributed by atoms with van der Waals surface area (Å²) >= 11 is 0. The van der Waals surface area contributed by atoms with Crippen molar-refractivity contribution in [3.63, 3.8) is 0 Å². The van der Waals surface area contributed by atoms with Crippen molar-refractivity contribution in [2.45, 2.75) is 12.5 Å². The molecule has 0 spiro atoms. The van der Waals surface area contributed by atoms with Crippen LogP contribution < -0.4 is 5.73 Å². The number of hydrogen-bond donors (Lipinski definition) is 1. The first-order valence-electron chi connectivity index (χ1n) is 5.93. The van der Waals surface area contributed by atoms with Crippen LogP contribution in [0.15, 0.2) is 40.8 Å². The average Bonchev–Trinajstić information content (AvgIpc) is 2.74. The minimum atomic E-state index is -0.528. The number of rotatable bonds is 2. The number of halogens is 1. The topological polar surface area (TPSA) is 63.0 Å². The first-order valence-corrected chi connectivity index (χ1v) is 5.93. The fourth-order valence-electron chi connectivity index (χ4n) is 2.22. The normalized spacial score (nSPS) is 12.7. The van der Waals surface area contributed by atoms with Gasteiger partial charge in [-0.3, -0.25) is 0 Å². The van der Waals surface area contributed by atoms with Crippen LogP contribution in [0.5, 0.6) is 0 Å². The molecule has 0 aliphatic rings. The van der Waals surface area contributed by atoms with Crippen LogP contribution in [0.4, 0.5) is 4.39 Å². The molecule has 0 unspecified atom stereocenters. The maximum atomic E-state index is 13.1. The third-order valence-corrected chi connectivity index (χ3v) is 3.12. The van der Waals surface area contributed by atoms with E-state index in [4.69, 9.17) is 15.4 Å². The maximum Gasteiger partial charge on any atom is 0.138 e. The molecule has 0 saturated carbocycles. The molecule has 19 heavy (non-hydrogen) atoms. The Bertz CT molecular complexity index is 801. The number of nitrogens with zero attached hydrogens (tertiary/aromatic N) is 1. The molecule has 0 fully saturated rings. The van der Waals surface area contributed by atoms with E-state index < -0.39 is 6.04 Å². The molecule has 0 aliphatic heterocycles. The Morgan fingerprint density at radius 3 is 2.58 bits per heavy atom. The summed E-state index contributed by atoms with van der Waals surface area (Å²) < 4.78 is 18.8. The van der Waals surface area contributed by atoms with Crippen LogP contribution in [-0.2, 0) is 6.42 Å². The predicted molar refractivity (Wildman–Crippen MR) is 71.0 cm³/mol. The van der Waals surface area contributed by atoms with Gasteiger partial charge in [-0.25, -0.2) is 4.39 Å². The summed E-state index contributed by atoms with van der Waals surface area (Å²) in [6.07, 6.45) is 0.470. The monoisotopic (exact) mass is 254 g/mol. The Balaban J connectivity index is 2.14. The number of hydrogen-bond acceptors (Lipinski definition) is 3. The molecule has 3 aromatic rings. The van der Waals surface area contributed by atoms with Gasteiger partial charge in [0, 0.05) is 23.3 Å². The van der Waals surface area contributed by atoms with E-state index in [1.54, 1.807) is 6.07 Å². The fourth-order valence-corrected chi connectivity index (χ4v) is 2.22. The number of nitriles is 1. The lowest BCUT2D eigenvalue weighted by Gasteiger charge is -2.02. The van der Waals surface area contributed by atoms with Crippen LogP contribution in [0.3, 0.4) is 0 Å². The molecular formula is C15H11FN2O. The predicted octanol–water partition coefficient (Wildman–Crippen LogP) is 3.12. The molecule has 1 atom stereocenters. The molecule has 2 aromatic carbocycles. The Hall–Kier alpha value is -2.38. The van der Waals surface area contributed by atoms with Crippen molar-refractivity contribution >= 4 is 21.9 Å². The molecule has 0 aliphatic carbocycles. The Labute approximate surface area is 109 Å². The molecule has 3 nitrogen and oxygen atoms in total. The zero-order chi connectivity index (χ0) is 13.4. The number of benzene rings is 2. The molecular weight excluding hydrogens is 243 g/mol. The molecule has 0 radical (unpaired) electrons. The Morgan fingerprint density at radius 1 is 1.16 bits per heavy atom. The van der Waals surface area contributed by atoms with E-state index >= 15 is 0 Å². The van der Waals surface area contributed by atoms with Crippen LogP contribution in [0.25, 0.3) is 21.9 Å². The molecule has 3 rings (SSSR count). The number of nitrogens with two attached hydrogens (primary N) is 1. The smallest absolute Gasteiger partial charge is 0.138 e. The largest absolute Gasteiger partial charge is 0.456 e. The van der Waals surface area contributed by atoms with Crippen LogP contribution in [0, 0.1) is 17.1 Å². The van der Waals surface area contributed by atoms with E-state index in [0.29, 0.717) is 17.6 Å². The third kappa shape index (κ3) is 2.05. The highest BCUT2D eigenvalue weighted by Crippen LogP contribution is 2.29. The van der Waals surface area contributed by atoms with E-state index in [1.807, 2.05) is 24.3 Å². The number of fused-ring (bicyclic) bond motifs is 3. The second kappa shape index (κ2) is 4.38. The van der Waals surface area contributed by atoms with Crippen molar-refractivity contribution in [1.82, 2.24) is 0 Å². The number of furan rings is 1. The highest BCUT2D eigenvalue weighted by Gasteiger charge is 2.09. The lowest BCUT2D eigenvalue weighted by atomic mass is 10.0. The van der Waals surface area contributed by atoms with Gasteiger partial charge < -0.3 is 10.2 Å². The van der Waals surface area contributed by atoms with Crippen LogP contribution in [0.2, 0.25) is 0 Å². The van der Waals surface area contributed by atoms with Crippen molar-refractivity contribution in [3.05, 3.63) is 47.8 Å². The van der Waals surface area contributed by atoms with E-state index in [0.717, 1.165) is 16.3 Å². The van der Waals surface area contributed by atoms with Gasteiger partial charge in [-0.2, -0.15) is 5.26 Å². The summed E-state index contributed by atoms with van der Waals surface area (Å²) in [5, 5.41) is 10.5. The molecule has 0 bridgehead atoms. The molecule has 1 aromatic heterocycles. The van der Waals surface area contributed by atoms with Crippen LogP contribution in [-0.4, -0.2) is 6.04 Å². The molecule has 4 heteroatoms. The molecule has 94 valence electrons. The molecule has 2 N–H and O–H groups in total. The second-order valence-corrected chi connectivity index (χ2v) is 4.51. The summed E-state index contributed by atoms with van der Waals surface area (Å²) in [5.74, 6) is -0.321. The lowest BCUT2D eigenvalue weighted by Crippen LogP contribution is -2.19. The first kappa shape index (κ1) is 11.7. The quantitative estimate of drug-likeness (QED) is 0.764. The van der Waals surface area contributed by atoms with Gasteiger partial charge in [0.2, 0.25) is 0 Å². The van der Waals surface area contributed by atoms with E-state index in [1.165, 1.54) is 12.1 Å². The van der Waals surface area contributed by atoms with Crippen molar-refractivity contribution < 1.29 is 8.81 Å². The minimum absolute atomic E-state index is 0.321. The van der Waals surface area contributed by atoms with Gasteiger partial charge >= 0.3 is 0 Å². The highest BCUT2D eigenvalue weighted by molar-refractivity contribution is 6.04. The van der Waals surface area contributed by atoms with Crippen molar-refractivity contribution in [1.29, 1.82) is 5.26 Å². The summed E-state index contributed by atoms with van der Waals surface area (Å²) in [4.78, 5) is 0. The van der Waals surface area contributed by atoms with Crippen molar-refractivity contribution in [2.24, 2.45) is 5.73 Å². The van der Waals surface area contributed by atoms with Crippen LogP contribution in [0.1, 0.15) is 5.56 Å². The van der Waals surface area contributed by atoms with Crippen LogP contribution >= 0.6 is 0 Å². The maximum absolute atomic E-state index is 13.1. The Morgan fingerprint density at radius 2 is 1.84 bits per heavy atom. The van der Waals surface area contributed by atoms with Gasteiger partial charge in [0.25, 0.3) is 0 Å². The summed E-state index contributed by atoms with van der Waals surface area (Å²) in [6, 6.07) is 11.6. The fraction of sp³-hybridized carbons (Fsp3) is 0.133. The van der Waals surface area contributed by atoms with Gasteiger partial charge in [-0.1, -0.05) is 12.1 Å². The van der Waals surface area contributed by atoms with Crippen molar-refractivity contribution in [3.8, 4) is 6.07 Å². The Kier molecular flexibility index (Phi) is 2.69. The zero-order valence-corrected chi connectivity index (χ0v) is 10.1. The second-order valence-electron chi connectivity index (χ2n) is 4.51. The third-order valence-electron chi connectivity index (χ3n) is 3.12. The summed E-state index contributed by atoms with van der Waals surface area (Å²) in [7, 11) is 0. The summed E-state index contributed by atoms with van der Waals surface area (Å²) in [6.45, 7) is 0. The van der Waals surface area contributed by atoms with E-state index in [2.05, 4.69) is 0 Å². The first-order chi connectivity index (χ1) is 9.17. The van der Waals surface area contributed by atoms with Gasteiger partial charge in [0.15, 0.2) is 0 Å². The average molecular weight is 254 g/mol. The van der Waals surface area contributed by atoms with Gasteiger partial charge in [0.1, 0.15) is 17.0 Å². The molecule has 0 amide bonds. The van der Waals surface area contributed by atoms with E-state index in [9.17, 15) is 4.39 Å².